The van der Waals surface area contributed by atoms with Crippen molar-refractivity contribution in [2.24, 2.45) is 0 Å². The van der Waals surface area contributed by atoms with E-state index in [4.69, 9.17) is 34.8 Å². The van der Waals surface area contributed by atoms with Crippen molar-refractivity contribution in [2.75, 3.05) is 5.32 Å². The number of carbonyl (C=O) groups is 1. The Hall–Kier alpha value is -2.50. The van der Waals surface area contributed by atoms with Crippen LogP contribution in [0.3, 0.4) is 0 Å². The molecule has 2 aromatic heterocycles. The molecule has 0 radical (unpaired) electrons. The number of anilines is 1. The van der Waals surface area contributed by atoms with Gasteiger partial charge in [-0.05, 0) is 36.8 Å². The molecule has 168 valence electrons. The smallest absolute Gasteiger partial charge is 0.287 e. The van der Waals surface area contributed by atoms with Crippen molar-refractivity contribution in [3.63, 3.8) is 0 Å². The summed E-state index contributed by atoms with van der Waals surface area (Å²) in [6.45, 7) is 1.12. The number of pyridine rings is 1. The van der Waals surface area contributed by atoms with E-state index in [1.807, 2.05) is 0 Å². The molecule has 0 aliphatic carbocycles. The average molecular weight is 517 g/mol. The molecule has 0 atom stereocenters. The molecule has 2 N–H and O–H groups in total. The maximum absolute atomic E-state index is 12.8. The lowest BCUT2D eigenvalue weighted by molar-refractivity contribution is -0.117. The molecule has 0 saturated carbocycles. The Morgan fingerprint density at radius 2 is 1.91 bits per heavy atom. The largest absolute Gasteiger partial charge is 0.324 e. The Bertz CT molecular complexity index is 1350. The number of amides is 1. The van der Waals surface area contributed by atoms with Crippen molar-refractivity contribution < 1.29 is 13.2 Å². The van der Waals surface area contributed by atoms with Gasteiger partial charge < -0.3 is 5.32 Å². The zero-order chi connectivity index (χ0) is 23.5. The molecule has 9 nitrogen and oxygen atoms in total. The van der Waals surface area contributed by atoms with Crippen LogP contribution >= 0.6 is 34.8 Å². The summed E-state index contributed by atoms with van der Waals surface area (Å²) in [4.78, 5) is 28.4. The Morgan fingerprint density at radius 3 is 2.62 bits per heavy atom. The van der Waals surface area contributed by atoms with Crippen LogP contribution in [-0.2, 0) is 27.9 Å². The van der Waals surface area contributed by atoms with Crippen LogP contribution in [0.1, 0.15) is 11.3 Å². The number of aryl methyl sites for hydroxylation is 1. The summed E-state index contributed by atoms with van der Waals surface area (Å²) in [7, 11) is -3.92. The SMILES string of the molecule is Cc1ccc(NC(=O)Cn2ncc(Cl)c(Cl)c2=O)cc1S(=O)(=O)NCc1cc(Cl)ccn1. The van der Waals surface area contributed by atoms with Gasteiger partial charge in [-0.15, -0.1) is 0 Å². The fraction of sp³-hybridized carbons (Fsp3) is 0.158. The van der Waals surface area contributed by atoms with E-state index in [0.29, 0.717) is 16.3 Å². The number of nitrogens with one attached hydrogen (secondary N) is 2. The molecule has 1 amide bonds. The van der Waals surface area contributed by atoms with E-state index in [2.05, 4.69) is 20.1 Å². The number of sulfonamides is 1. The Morgan fingerprint density at radius 1 is 1.16 bits per heavy atom. The number of carbonyl (C=O) groups excluding carboxylic acids is 1. The first-order valence-electron chi connectivity index (χ1n) is 8.98. The molecule has 0 fully saturated rings. The third kappa shape index (κ3) is 5.84. The predicted molar refractivity (Wildman–Crippen MR) is 122 cm³/mol. The van der Waals surface area contributed by atoms with Crippen molar-refractivity contribution in [3.05, 3.63) is 79.4 Å². The van der Waals surface area contributed by atoms with Crippen LogP contribution in [0.4, 0.5) is 5.69 Å². The zero-order valence-electron chi connectivity index (χ0n) is 16.5. The third-order valence-electron chi connectivity index (χ3n) is 4.22. The number of halogens is 3. The van der Waals surface area contributed by atoms with Crippen LogP contribution in [0, 0.1) is 6.92 Å². The monoisotopic (exact) mass is 515 g/mol. The fourth-order valence-corrected chi connectivity index (χ4v) is 4.37. The number of rotatable bonds is 7. The average Bonchev–Trinajstić information content (AvgIpc) is 2.74. The minimum atomic E-state index is -3.92. The van der Waals surface area contributed by atoms with Crippen molar-refractivity contribution in [2.45, 2.75) is 24.9 Å². The summed E-state index contributed by atoms with van der Waals surface area (Å²) < 4.78 is 28.9. The second kappa shape index (κ2) is 9.97. The topological polar surface area (TPSA) is 123 Å². The van der Waals surface area contributed by atoms with Gasteiger partial charge >= 0.3 is 0 Å². The standard InChI is InChI=1S/C19H16Cl3N5O4S/c1-11-2-3-13(26-17(28)10-27-19(29)18(22)15(21)9-24-27)7-16(11)32(30,31)25-8-14-6-12(20)4-5-23-14/h2-7,9,25H,8,10H2,1H3,(H,26,28). The lowest BCUT2D eigenvalue weighted by Crippen LogP contribution is -2.30. The summed E-state index contributed by atoms with van der Waals surface area (Å²) >= 11 is 17.4. The first kappa shape index (κ1) is 24.1. The molecule has 0 unspecified atom stereocenters. The molecule has 13 heteroatoms. The quantitative estimate of drug-likeness (QED) is 0.498. The summed E-state index contributed by atoms with van der Waals surface area (Å²) in [5.41, 5.74) is 0.412. The Labute approximate surface area is 198 Å². The lowest BCUT2D eigenvalue weighted by Gasteiger charge is -2.12. The summed E-state index contributed by atoms with van der Waals surface area (Å²) in [5.74, 6) is -0.610. The van der Waals surface area contributed by atoms with Crippen molar-refractivity contribution >= 4 is 56.4 Å². The maximum Gasteiger partial charge on any atom is 0.287 e. The van der Waals surface area contributed by atoms with Gasteiger partial charge in [-0.1, -0.05) is 40.9 Å². The van der Waals surface area contributed by atoms with Crippen LogP contribution in [0.25, 0.3) is 0 Å². The van der Waals surface area contributed by atoms with Gasteiger partial charge in [0.15, 0.2) is 0 Å². The first-order chi connectivity index (χ1) is 15.1. The van der Waals surface area contributed by atoms with Gasteiger partial charge in [0.2, 0.25) is 15.9 Å². The van der Waals surface area contributed by atoms with Gasteiger partial charge in [-0.2, -0.15) is 5.10 Å². The molecule has 1 aromatic carbocycles. The zero-order valence-corrected chi connectivity index (χ0v) is 19.6. The molecular formula is C19H16Cl3N5O4S. The van der Waals surface area contributed by atoms with Crippen LogP contribution in [0.2, 0.25) is 15.1 Å². The van der Waals surface area contributed by atoms with Gasteiger partial charge in [0.1, 0.15) is 11.6 Å². The first-order valence-corrected chi connectivity index (χ1v) is 11.6. The van der Waals surface area contributed by atoms with E-state index in [1.165, 1.54) is 18.3 Å². The summed E-state index contributed by atoms with van der Waals surface area (Å²) in [6, 6.07) is 7.53. The number of benzene rings is 1. The van der Waals surface area contributed by atoms with Crippen LogP contribution in [0.5, 0.6) is 0 Å². The van der Waals surface area contributed by atoms with Crippen LogP contribution in [-0.4, -0.2) is 29.1 Å². The highest BCUT2D eigenvalue weighted by Gasteiger charge is 2.19. The Balaban J connectivity index is 1.75. The number of hydrogen-bond donors (Lipinski definition) is 2. The normalized spacial score (nSPS) is 11.4. The number of nitrogens with zero attached hydrogens (tertiary/aromatic N) is 3. The highest BCUT2D eigenvalue weighted by atomic mass is 35.5. The van der Waals surface area contributed by atoms with Gasteiger partial charge in [0, 0.05) is 16.9 Å². The van der Waals surface area contributed by atoms with E-state index in [1.54, 1.807) is 25.1 Å². The maximum atomic E-state index is 12.8. The summed E-state index contributed by atoms with van der Waals surface area (Å²) in [5, 5.41) is 6.45. The molecular weight excluding hydrogens is 501 g/mol. The van der Waals surface area contributed by atoms with Crippen molar-refractivity contribution in [1.82, 2.24) is 19.5 Å². The second-order valence-electron chi connectivity index (χ2n) is 6.59. The van der Waals surface area contributed by atoms with Crippen molar-refractivity contribution in [3.8, 4) is 0 Å². The van der Waals surface area contributed by atoms with Gasteiger partial charge in [-0.25, -0.2) is 17.8 Å². The molecule has 32 heavy (non-hydrogen) atoms. The number of aromatic nitrogens is 3. The molecule has 0 spiro atoms. The van der Waals surface area contributed by atoms with Gasteiger partial charge in [0.25, 0.3) is 5.56 Å². The highest BCUT2D eigenvalue weighted by molar-refractivity contribution is 7.89. The van der Waals surface area contributed by atoms with E-state index < -0.39 is 28.0 Å². The van der Waals surface area contributed by atoms with E-state index in [0.717, 1.165) is 10.9 Å². The van der Waals surface area contributed by atoms with Gasteiger partial charge in [-0.3, -0.25) is 14.6 Å². The molecule has 3 rings (SSSR count). The molecule has 2 heterocycles. The summed E-state index contributed by atoms with van der Waals surface area (Å²) in [6.07, 6.45) is 2.62. The van der Waals surface area contributed by atoms with Gasteiger partial charge in [0.05, 0.1) is 28.4 Å². The molecule has 0 aliphatic heterocycles. The highest BCUT2D eigenvalue weighted by Crippen LogP contribution is 2.21. The fourth-order valence-electron chi connectivity index (χ4n) is 2.65. The molecule has 0 aliphatic rings. The molecule has 0 bridgehead atoms. The minimum Gasteiger partial charge on any atom is -0.324 e. The van der Waals surface area contributed by atoms with E-state index in [9.17, 15) is 18.0 Å². The van der Waals surface area contributed by atoms with Crippen LogP contribution in [0.15, 0.2) is 52.4 Å². The third-order valence-corrected chi connectivity index (χ3v) is 6.75. The molecule has 0 saturated heterocycles. The molecule has 3 aromatic rings. The number of hydrogen-bond acceptors (Lipinski definition) is 6. The Kier molecular flexibility index (Phi) is 7.52. The van der Waals surface area contributed by atoms with E-state index in [-0.39, 0.29) is 27.2 Å². The predicted octanol–water partition coefficient (Wildman–Crippen LogP) is 3.02. The van der Waals surface area contributed by atoms with Crippen LogP contribution < -0.4 is 15.6 Å². The van der Waals surface area contributed by atoms with Crippen molar-refractivity contribution in [1.29, 1.82) is 0 Å². The van der Waals surface area contributed by atoms with E-state index >= 15 is 0 Å². The minimum absolute atomic E-state index is 0.0258. The second-order valence-corrected chi connectivity index (χ2v) is 9.54. The lowest BCUT2D eigenvalue weighted by atomic mass is 10.2.